The molecule has 5 rings (SSSR count). The second kappa shape index (κ2) is 16.9. The molecule has 0 aliphatic rings. The van der Waals surface area contributed by atoms with Gasteiger partial charge >= 0.3 is 0 Å². The van der Waals surface area contributed by atoms with Crippen LogP contribution in [-0.2, 0) is 25.5 Å². The smallest absolute Gasteiger partial charge is 0.108 e. The average molecular weight is 888 g/mol. The van der Waals surface area contributed by atoms with E-state index in [1.807, 2.05) is 18.3 Å². The molecule has 7 heteroatoms. The monoisotopic (exact) mass is 888 g/mol. The number of thiophene rings is 1. The normalized spacial score (nSPS) is 13.2. The van der Waals surface area contributed by atoms with Crippen molar-refractivity contribution in [2.45, 2.75) is 118 Å². The summed E-state index contributed by atoms with van der Waals surface area (Å²) in [4.78, 5) is 11.4. The molecule has 0 amide bonds. The summed E-state index contributed by atoms with van der Waals surface area (Å²) in [6.07, 6.45) is 6.29. The van der Waals surface area contributed by atoms with Crippen molar-refractivity contribution in [1.29, 1.82) is 0 Å². The van der Waals surface area contributed by atoms with Crippen molar-refractivity contribution < 1.29 is 30.3 Å². The van der Waals surface area contributed by atoms with Crippen LogP contribution in [-0.4, -0.2) is 26.3 Å². The summed E-state index contributed by atoms with van der Waals surface area (Å²) in [6, 6.07) is 20.8. The van der Waals surface area contributed by atoms with Gasteiger partial charge < -0.3 is 10.2 Å². The number of fused-ring (bicyclic) bond motifs is 2. The van der Waals surface area contributed by atoms with E-state index >= 15 is 0 Å². The zero-order chi connectivity index (χ0) is 36.3. The SMILES string of the molecule is CCC(C)(CC)/C(O)=C/C(O)C(C)(CC)CC.Cc1sc2ccc(-c3ncnc(-c4[c-]c5ccccc5c(C(C)(C)C)c4)c3S)cc2c1C.[Ir]. The number of thiol groups is 1. The molecule has 0 bridgehead atoms. The van der Waals surface area contributed by atoms with Gasteiger partial charge in [-0.15, -0.1) is 53.1 Å². The predicted molar refractivity (Wildman–Crippen MR) is 214 cm³/mol. The Bertz CT molecular complexity index is 1950. The summed E-state index contributed by atoms with van der Waals surface area (Å²) < 4.78 is 1.30. The Morgan fingerprint density at radius 2 is 1.50 bits per heavy atom. The van der Waals surface area contributed by atoms with Gasteiger partial charge in [0.15, 0.2) is 0 Å². The topological polar surface area (TPSA) is 66.2 Å². The molecule has 0 saturated heterocycles. The van der Waals surface area contributed by atoms with E-state index < -0.39 is 6.10 Å². The Kier molecular flexibility index (Phi) is 14.1. The molecule has 271 valence electrons. The molecule has 2 aromatic heterocycles. The minimum atomic E-state index is -0.574. The van der Waals surface area contributed by atoms with Crippen LogP contribution in [0.4, 0.5) is 0 Å². The largest absolute Gasteiger partial charge is 0.512 e. The number of nitrogens with zero attached hydrogens (tertiary/aromatic N) is 2. The molecule has 2 N–H and O–H groups in total. The zero-order valence-corrected chi connectivity index (χ0v) is 35.8. The van der Waals surface area contributed by atoms with Gasteiger partial charge in [0.05, 0.1) is 17.6 Å². The van der Waals surface area contributed by atoms with Crippen molar-refractivity contribution in [3.63, 3.8) is 0 Å². The molecule has 3 aromatic carbocycles. The molecule has 5 aromatic rings. The molecule has 0 spiro atoms. The number of hydrogen-bond acceptors (Lipinski definition) is 6. The molecule has 4 nitrogen and oxygen atoms in total. The molecular formula is C43H55IrN2O2S2-. The number of aromatic nitrogens is 2. The maximum Gasteiger partial charge on any atom is 0.108 e. The van der Waals surface area contributed by atoms with E-state index in [9.17, 15) is 10.2 Å². The number of rotatable bonds is 9. The Hall–Kier alpha value is -2.54. The van der Waals surface area contributed by atoms with Gasteiger partial charge in [0.25, 0.3) is 0 Å². The summed E-state index contributed by atoms with van der Waals surface area (Å²) in [7, 11) is 0. The molecule has 2 heterocycles. The number of aliphatic hydroxyl groups is 2. The molecule has 0 aliphatic heterocycles. The number of allylic oxidation sites excluding steroid dienone is 1. The van der Waals surface area contributed by atoms with E-state index in [4.69, 9.17) is 12.6 Å². The quantitative estimate of drug-likeness (QED) is 0.0784. The van der Waals surface area contributed by atoms with E-state index in [0.29, 0.717) is 5.76 Å². The van der Waals surface area contributed by atoms with Gasteiger partial charge in [-0.25, -0.2) is 4.98 Å². The number of hydrogen-bond donors (Lipinski definition) is 3. The first-order valence-corrected chi connectivity index (χ1v) is 18.9. The molecular weight excluding hydrogens is 833 g/mol. The van der Waals surface area contributed by atoms with Gasteiger partial charge in [0, 0.05) is 51.3 Å². The Morgan fingerprint density at radius 3 is 2.10 bits per heavy atom. The second-order valence-electron chi connectivity index (χ2n) is 14.9. The summed E-state index contributed by atoms with van der Waals surface area (Å²) in [6.45, 7) is 23.5. The third kappa shape index (κ3) is 8.73. The van der Waals surface area contributed by atoms with Gasteiger partial charge in [-0.2, -0.15) is 0 Å². The standard InChI is InChI=1S/C28H25N2S2.C15H30O2.Ir/c1-16-17(2)32-24-11-10-19(13-22(16)24)25-27(31)26(30-15-29-25)20-12-18-8-6-7-9-21(18)23(14-20)28(3,4)5;1-7-14(5,8-2)12(16)11-13(17)15(6,9-3)10-4;/h6-11,13-15,31H,1-5H3;11-12,16-17H,7-10H2,1-6H3;/q-1;;/b;13-11-;. The van der Waals surface area contributed by atoms with Crippen LogP contribution in [0, 0.1) is 30.7 Å². The summed E-state index contributed by atoms with van der Waals surface area (Å²) in [5.41, 5.74) is 5.93. The zero-order valence-electron chi connectivity index (χ0n) is 31.7. The molecule has 1 atom stereocenters. The maximum absolute atomic E-state index is 10.3. The fraction of sp³-hybridized carbons (Fsp3) is 0.442. The van der Waals surface area contributed by atoms with E-state index in [1.165, 1.54) is 31.5 Å². The van der Waals surface area contributed by atoms with E-state index in [-0.39, 0.29) is 36.4 Å². The van der Waals surface area contributed by atoms with Crippen LogP contribution >= 0.6 is 24.0 Å². The minimum absolute atomic E-state index is 0. The van der Waals surface area contributed by atoms with Crippen LogP contribution in [0.5, 0.6) is 0 Å². The number of aryl methyl sites for hydroxylation is 2. The van der Waals surface area contributed by atoms with Gasteiger partial charge in [0.1, 0.15) is 6.33 Å². The molecule has 0 aliphatic carbocycles. The van der Waals surface area contributed by atoms with Crippen LogP contribution in [0.1, 0.15) is 104 Å². The van der Waals surface area contributed by atoms with Gasteiger partial charge in [0.2, 0.25) is 0 Å². The van der Waals surface area contributed by atoms with Crippen molar-refractivity contribution in [1.82, 2.24) is 9.97 Å². The van der Waals surface area contributed by atoms with Crippen molar-refractivity contribution in [2.24, 2.45) is 10.8 Å². The Balaban J connectivity index is 0.000000323. The fourth-order valence-corrected chi connectivity index (χ4v) is 7.50. The van der Waals surface area contributed by atoms with Crippen molar-refractivity contribution >= 4 is 44.8 Å². The average Bonchev–Trinajstić information content (AvgIpc) is 3.38. The summed E-state index contributed by atoms with van der Waals surface area (Å²) >= 11 is 6.75. The second-order valence-corrected chi connectivity index (χ2v) is 16.6. The predicted octanol–water partition coefficient (Wildman–Crippen LogP) is 12.6. The molecule has 1 unspecified atom stereocenters. The van der Waals surface area contributed by atoms with Crippen LogP contribution in [0.3, 0.4) is 0 Å². The number of aliphatic hydroxyl groups excluding tert-OH is 2. The molecule has 0 fully saturated rings. The molecule has 1 radical (unpaired) electrons. The third-order valence-corrected chi connectivity index (χ3v) is 12.5. The number of benzene rings is 3. The van der Waals surface area contributed by atoms with E-state index in [1.54, 1.807) is 12.4 Å². The Morgan fingerprint density at radius 1 is 0.880 bits per heavy atom. The van der Waals surface area contributed by atoms with Gasteiger partial charge in [-0.05, 0) is 79.5 Å². The van der Waals surface area contributed by atoms with E-state index in [0.717, 1.165) is 58.5 Å². The minimum Gasteiger partial charge on any atom is -0.512 e. The maximum atomic E-state index is 10.3. The molecule has 50 heavy (non-hydrogen) atoms. The van der Waals surface area contributed by atoms with Crippen molar-refractivity contribution in [3.8, 4) is 22.5 Å². The first kappa shape index (κ1) is 41.9. The van der Waals surface area contributed by atoms with Crippen molar-refractivity contribution in [2.75, 3.05) is 0 Å². The summed E-state index contributed by atoms with van der Waals surface area (Å²) in [5, 5.41) is 24.1. The van der Waals surface area contributed by atoms with Gasteiger partial charge in [-0.1, -0.05) is 97.5 Å². The van der Waals surface area contributed by atoms with E-state index in [2.05, 4.69) is 134 Å². The fourth-order valence-electron chi connectivity index (χ4n) is 6.09. The van der Waals surface area contributed by atoms with Crippen LogP contribution < -0.4 is 0 Å². The molecule has 0 saturated carbocycles. The van der Waals surface area contributed by atoms with Crippen LogP contribution in [0.15, 0.2) is 71.6 Å². The first-order valence-electron chi connectivity index (χ1n) is 17.6. The van der Waals surface area contributed by atoms with Crippen LogP contribution in [0.25, 0.3) is 43.4 Å². The Labute approximate surface area is 323 Å². The van der Waals surface area contributed by atoms with Gasteiger partial charge in [-0.3, -0.25) is 4.98 Å². The van der Waals surface area contributed by atoms with Crippen LogP contribution in [0.2, 0.25) is 0 Å². The van der Waals surface area contributed by atoms with Crippen molar-refractivity contribution in [3.05, 3.63) is 88.8 Å². The third-order valence-electron chi connectivity index (χ3n) is 10.9. The summed E-state index contributed by atoms with van der Waals surface area (Å²) in [5.74, 6) is 0.336. The first-order chi connectivity index (χ1) is 23.0.